The molecule has 0 aromatic carbocycles. The van der Waals surface area contributed by atoms with Gasteiger partial charge in [-0.3, -0.25) is 4.72 Å². The van der Waals surface area contributed by atoms with Gasteiger partial charge < -0.3 is 5.32 Å². The third kappa shape index (κ3) is 3.52. The van der Waals surface area contributed by atoms with Crippen molar-refractivity contribution in [1.82, 2.24) is 10.2 Å². The van der Waals surface area contributed by atoms with Crippen molar-refractivity contribution in [3.05, 3.63) is 42.3 Å². The van der Waals surface area contributed by atoms with E-state index in [1.165, 1.54) is 6.07 Å². The van der Waals surface area contributed by atoms with Gasteiger partial charge in [-0.25, -0.2) is 8.42 Å². The molecule has 2 rings (SSSR count). The molecular weight excluding hydrogens is 284 g/mol. The van der Waals surface area contributed by atoms with Gasteiger partial charge >= 0.3 is 0 Å². The average Bonchev–Trinajstić information content (AvgIpc) is 2.92. The molecule has 2 aromatic rings. The maximum absolute atomic E-state index is 11.9. The Hall–Kier alpha value is -1.93. The van der Waals surface area contributed by atoms with Crippen molar-refractivity contribution in [3.8, 4) is 0 Å². The Morgan fingerprint density at radius 3 is 2.58 bits per heavy atom. The van der Waals surface area contributed by atoms with Gasteiger partial charge in [-0.1, -0.05) is 12.1 Å². The number of aromatic nitrogens is 2. The molecule has 8 heteroatoms. The summed E-state index contributed by atoms with van der Waals surface area (Å²) in [6.45, 7) is 4.13. The number of rotatable bonds is 6. The summed E-state index contributed by atoms with van der Waals surface area (Å²) in [5, 5.41) is 12.3. The van der Waals surface area contributed by atoms with Crippen LogP contribution in [0.25, 0.3) is 0 Å². The van der Waals surface area contributed by atoms with Gasteiger partial charge in [-0.2, -0.15) is 0 Å². The minimum absolute atomic E-state index is 0.178. The smallest absolute Gasteiger partial charge is 0.272 e. The molecule has 0 amide bonds. The van der Waals surface area contributed by atoms with E-state index in [-0.39, 0.29) is 10.0 Å². The van der Waals surface area contributed by atoms with Crippen LogP contribution in [-0.4, -0.2) is 25.2 Å². The lowest BCUT2D eigenvalue weighted by molar-refractivity contribution is 0.603. The minimum Gasteiger partial charge on any atom is -0.365 e. The van der Waals surface area contributed by atoms with Crippen molar-refractivity contribution in [2.45, 2.75) is 4.21 Å². The summed E-state index contributed by atoms with van der Waals surface area (Å²) in [6.07, 6.45) is 1.69. The van der Waals surface area contributed by atoms with Crippen LogP contribution in [0.5, 0.6) is 0 Å². The van der Waals surface area contributed by atoms with Crippen LogP contribution in [0.4, 0.5) is 11.6 Å². The first-order valence-corrected chi connectivity index (χ1v) is 7.73. The van der Waals surface area contributed by atoms with Crippen molar-refractivity contribution in [1.29, 1.82) is 0 Å². The largest absolute Gasteiger partial charge is 0.365 e. The Morgan fingerprint density at radius 1 is 1.26 bits per heavy atom. The summed E-state index contributed by atoms with van der Waals surface area (Å²) in [6, 6.07) is 6.39. The van der Waals surface area contributed by atoms with E-state index >= 15 is 0 Å². The molecule has 0 aliphatic heterocycles. The van der Waals surface area contributed by atoms with Crippen LogP contribution >= 0.6 is 11.3 Å². The number of nitrogens with zero attached hydrogens (tertiary/aromatic N) is 2. The van der Waals surface area contributed by atoms with Gasteiger partial charge in [0.15, 0.2) is 5.82 Å². The average molecular weight is 296 g/mol. The van der Waals surface area contributed by atoms with Gasteiger partial charge in [0.1, 0.15) is 10.0 Å². The SMILES string of the molecule is C=CCNc1ccc(NS(=O)(=O)c2cccs2)nn1. The fraction of sp³-hybridized carbons (Fsp3) is 0.0909. The van der Waals surface area contributed by atoms with Crippen LogP contribution < -0.4 is 10.0 Å². The molecular formula is C11H12N4O2S2. The van der Waals surface area contributed by atoms with Gasteiger partial charge in [0, 0.05) is 6.54 Å². The van der Waals surface area contributed by atoms with Crippen molar-refractivity contribution in [2.75, 3.05) is 16.6 Å². The van der Waals surface area contributed by atoms with Crippen LogP contribution in [0.15, 0.2) is 46.5 Å². The molecule has 0 radical (unpaired) electrons. The fourth-order valence-corrected chi connectivity index (χ4v) is 3.25. The number of sulfonamides is 1. The summed E-state index contributed by atoms with van der Waals surface area (Å²) in [7, 11) is -3.57. The second-order valence-electron chi connectivity index (χ2n) is 3.51. The van der Waals surface area contributed by atoms with Gasteiger partial charge in [0.25, 0.3) is 10.0 Å². The van der Waals surface area contributed by atoms with Gasteiger partial charge in [0.05, 0.1) is 0 Å². The first kappa shape index (κ1) is 13.5. The molecule has 0 fully saturated rings. The van der Waals surface area contributed by atoms with E-state index in [2.05, 4.69) is 26.8 Å². The summed E-state index contributed by atoms with van der Waals surface area (Å²) in [5.74, 6) is 0.733. The zero-order valence-corrected chi connectivity index (χ0v) is 11.5. The molecule has 0 aliphatic carbocycles. The highest BCUT2D eigenvalue weighted by atomic mass is 32.2. The molecule has 19 heavy (non-hydrogen) atoms. The predicted molar refractivity (Wildman–Crippen MR) is 75.8 cm³/mol. The van der Waals surface area contributed by atoms with Crippen LogP contribution in [0, 0.1) is 0 Å². The van der Waals surface area contributed by atoms with Gasteiger partial charge in [-0.05, 0) is 23.6 Å². The van der Waals surface area contributed by atoms with Crippen molar-refractivity contribution in [3.63, 3.8) is 0 Å². The quantitative estimate of drug-likeness (QED) is 0.796. The minimum atomic E-state index is -3.57. The molecule has 0 saturated heterocycles. The molecule has 2 aromatic heterocycles. The van der Waals surface area contributed by atoms with Gasteiger partial charge in [-0.15, -0.1) is 28.1 Å². The third-order valence-corrected chi connectivity index (χ3v) is 4.84. The molecule has 6 nitrogen and oxygen atoms in total. The number of hydrogen-bond acceptors (Lipinski definition) is 6. The van der Waals surface area contributed by atoms with E-state index in [1.807, 2.05) is 0 Å². The van der Waals surface area contributed by atoms with E-state index in [9.17, 15) is 8.42 Å². The second kappa shape index (κ2) is 5.81. The summed E-state index contributed by atoms with van der Waals surface area (Å²) in [4.78, 5) is 0. The Bertz CT molecular complexity index is 636. The Morgan fingerprint density at radius 2 is 2.00 bits per heavy atom. The number of nitrogens with one attached hydrogen (secondary N) is 2. The highest BCUT2D eigenvalue weighted by Gasteiger charge is 2.15. The highest BCUT2D eigenvalue weighted by molar-refractivity contribution is 7.94. The van der Waals surface area contributed by atoms with E-state index in [4.69, 9.17) is 0 Å². The molecule has 0 saturated carbocycles. The monoisotopic (exact) mass is 296 g/mol. The lowest BCUT2D eigenvalue weighted by atomic mass is 10.5. The summed E-state index contributed by atoms with van der Waals surface area (Å²) >= 11 is 1.14. The molecule has 0 spiro atoms. The zero-order valence-electron chi connectivity index (χ0n) is 9.91. The Balaban J connectivity index is 2.09. The van der Waals surface area contributed by atoms with Crippen LogP contribution in [-0.2, 0) is 10.0 Å². The topological polar surface area (TPSA) is 84.0 Å². The zero-order chi connectivity index (χ0) is 13.7. The van der Waals surface area contributed by atoms with E-state index in [0.717, 1.165) is 11.3 Å². The molecule has 100 valence electrons. The van der Waals surface area contributed by atoms with Crippen molar-refractivity contribution in [2.24, 2.45) is 0 Å². The molecule has 0 bridgehead atoms. The molecule has 0 aliphatic rings. The summed E-state index contributed by atoms with van der Waals surface area (Å²) < 4.78 is 26.4. The first-order chi connectivity index (χ1) is 9.12. The molecule has 0 atom stereocenters. The van der Waals surface area contributed by atoms with E-state index in [1.54, 1.807) is 29.7 Å². The number of thiophene rings is 1. The standard InChI is InChI=1S/C11H12N4O2S2/c1-2-7-12-9-5-6-10(14-13-9)15-19(16,17)11-4-3-8-18-11/h2-6,8H,1,7H2,(H,12,13)(H,14,15). The number of anilines is 2. The van der Waals surface area contributed by atoms with Gasteiger partial charge in [0.2, 0.25) is 0 Å². The maximum atomic E-state index is 11.9. The van der Waals surface area contributed by atoms with Crippen LogP contribution in [0.3, 0.4) is 0 Å². The molecule has 2 heterocycles. The van der Waals surface area contributed by atoms with E-state index in [0.29, 0.717) is 12.4 Å². The molecule has 0 unspecified atom stereocenters. The van der Waals surface area contributed by atoms with Crippen LogP contribution in [0.2, 0.25) is 0 Å². The fourth-order valence-electron chi connectivity index (χ4n) is 1.26. The second-order valence-corrected chi connectivity index (χ2v) is 6.37. The van der Waals surface area contributed by atoms with Crippen molar-refractivity contribution < 1.29 is 8.42 Å². The predicted octanol–water partition coefficient (Wildman–Crippen LogP) is 1.94. The number of hydrogen-bond donors (Lipinski definition) is 2. The lowest BCUT2D eigenvalue weighted by Gasteiger charge is -2.05. The third-order valence-electron chi connectivity index (χ3n) is 2.09. The maximum Gasteiger partial charge on any atom is 0.272 e. The highest BCUT2D eigenvalue weighted by Crippen LogP contribution is 2.19. The first-order valence-electron chi connectivity index (χ1n) is 5.36. The Labute approximate surface area is 115 Å². The normalized spacial score (nSPS) is 10.9. The summed E-state index contributed by atoms with van der Waals surface area (Å²) in [5.41, 5.74) is 0. The lowest BCUT2D eigenvalue weighted by Crippen LogP contribution is -2.13. The molecule has 2 N–H and O–H groups in total. The Kier molecular flexibility index (Phi) is 4.13. The van der Waals surface area contributed by atoms with E-state index < -0.39 is 10.0 Å². The van der Waals surface area contributed by atoms with Crippen LogP contribution in [0.1, 0.15) is 0 Å². The van der Waals surface area contributed by atoms with Crippen molar-refractivity contribution >= 4 is 33.0 Å².